The Balaban J connectivity index is 2.76. The molecule has 0 amide bonds. The Bertz CT molecular complexity index is 238. The lowest BCUT2D eigenvalue weighted by atomic mass is 9.99. The number of hydrogen-bond donors (Lipinski definition) is 1. The summed E-state index contributed by atoms with van der Waals surface area (Å²) in [5.74, 6) is 0.161. The number of ketones is 1. The molecule has 1 aromatic rings. The van der Waals surface area contributed by atoms with Crippen molar-refractivity contribution in [2.45, 2.75) is 19.3 Å². The van der Waals surface area contributed by atoms with E-state index >= 15 is 0 Å². The maximum atomic E-state index is 11.1. The van der Waals surface area contributed by atoms with E-state index in [0.29, 0.717) is 12.2 Å². The molecule has 0 aromatic carbocycles. The van der Waals surface area contributed by atoms with Gasteiger partial charge in [0.05, 0.1) is 12.2 Å². The molecule has 1 atom stereocenters. The minimum Gasteiger partial charge on any atom is -0.469 e. The second-order valence-electron chi connectivity index (χ2n) is 2.60. The quantitative estimate of drug-likeness (QED) is 0.737. The van der Waals surface area contributed by atoms with Crippen molar-refractivity contribution in [1.29, 1.82) is 0 Å². The molecule has 1 N–H and O–H groups in total. The lowest BCUT2D eigenvalue weighted by Gasteiger charge is -2.07. The van der Waals surface area contributed by atoms with Crippen molar-refractivity contribution < 1.29 is 14.3 Å². The van der Waals surface area contributed by atoms with Crippen LogP contribution in [0.25, 0.3) is 0 Å². The van der Waals surface area contributed by atoms with Crippen LogP contribution in [0.1, 0.15) is 25.0 Å². The lowest BCUT2D eigenvalue weighted by Crippen LogP contribution is -2.14. The highest BCUT2D eigenvalue weighted by molar-refractivity contribution is 5.85. The molecule has 1 rings (SSSR count). The molecule has 66 valence electrons. The standard InChI is InChI=1S/C9H12O3/c1-2-7(8(11)6-10)9-4-3-5-12-9/h3-5,7,10H,2,6H2,1H3. The molecule has 1 aromatic heterocycles. The SMILES string of the molecule is CCC(C(=O)CO)c1ccco1. The van der Waals surface area contributed by atoms with E-state index < -0.39 is 6.61 Å². The smallest absolute Gasteiger partial charge is 0.168 e. The highest BCUT2D eigenvalue weighted by Gasteiger charge is 2.19. The summed E-state index contributed by atoms with van der Waals surface area (Å²) in [4.78, 5) is 11.1. The number of hydrogen-bond acceptors (Lipinski definition) is 3. The predicted octanol–water partition coefficient (Wildman–Crippen LogP) is 1.33. The molecular formula is C9H12O3. The van der Waals surface area contributed by atoms with Gasteiger partial charge in [-0.2, -0.15) is 0 Å². The molecule has 0 radical (unpaired) electrons. The van der Waals surface area contributed by atoms with Crippen molar-refractivity contribution in [3.8, 4) is 0 Å². The van der Waals surface area contributed by atoms with E-state index in [2.05, 4.69) is 0 Å². The topological polar surface area (TPSA) is 50.4 Å². The summed E-state index contributed by atoms with van der Waals surface area (Å²) in [6, 6.07) is 3.49. The van der Waals surface area contributed by atoms with E-state index in [1.807, 2.05) is 6.92 Å². The number of Topliss-reactive ketones (excluding diaryl/α,β-unsaturated/α-hetero) is 1. The molecule has 0 fully saturated rings. The number of aliphatic hydroxyl groups excluding tert-OH is 1. The van der Waals surface area contributed by atoms with Crippen LogP contribution in [-0.4, -0.2) is 17.5 Å². The number of furan rings is 1. The summed E-state index contributed by atoms with van der Waals surface area (Å²) in [5.41, 5.74) is 0. The van der Waals surface area contributed by atoms with E-state index in [1.54, 1.807) is 12.1 Å². The number of carbonyl (C=O) groups excluding carboxylic acids is 1. The Kier molecular flexibility index (Phi) is 3.05. The van der Waals surface area contributed by atoms with Crippen LogP contribution < -0.4 is 0 Å². The van der Waals surface area contributed by atoms with Crippen LogP contribution in [0.15, 0.2) is 22.8 Å². The summed E-state index contributed by atoms with van der Waals surface area (Å²) in [6.45, 7) is 1.47. The monoisotopic (exact) mass is 168 g/mol. The first kappa shape index (κ1) is 9.00. The molecule has 1 unspecified atom stereocenters. The molecule has 0 bridgehead atoms. The second-order valence-corrected chi connectivity index (χ2v) is 2.60. The van der Waals surface area contributed by atoms with Crippen LogP contribution in [0.4, 0.5) is 0 Å². The van der Waals surface area contributed by atoms with Gasteiger partial charge in [-0.1, -0.05) is 6.92 Å². The Labute approximate surface area is 71.0 Å². The van der Waals surface area contributed by atoms with Gasteiger partial charge in [0.25, 0.3) is 0 Å². The van der Waals surface area contributed by atoms with Gasteiger partial charge in [0.15, 0.2) is 5.78 Å². The zero-order chi connectivity index (χ0) is 8.97. The summed E-state index contributed by atoms with van der Waals surface area (Å²) < 4.78 is 5.08. The third-order valence-corrected chi connectivity index (χ3v) is 1.84. The van der Waals surface area contributed by atoms with Crippen LogP contribution in [0.3, 0.4) is 0 Å². The number of aliphatic hydroxyl groups is 1. The number of carbonyl (C=O) groups is 1. The Morgan fingerprint density at radius 2 is 2.50 bits per heavy atom. The van der Waals surface area contributed by atoms with E-state index in [4.69, 9.17) is 9.52 Å². The Morgan fingerprint density at radius 3 is 2.92 bits per heavy atom. The van der Waals surface area contributed by atoms with Crippen LogP contribution in [0, 0.1) is 0 Å². The van der Waals surface area contributed by atoms with Crippen LogP contribution in [0.2, 0.25) is 0 Å². The Hall–Kier alpha value is -1.09. The average Bonchev–Trinajstić information content (AvgIpc) is 2.58. The normalized spacial score (nSPS) is 12.8. The fourth-order valence-corrected chi connectivity index (χ4v) is 1.19. The molecule has 0 saturated carbocycles. The van der Waals surface area contributed by atoms with Crippen molar-refractivity contribution in [3.63, 3.8) is 0 Å². The van der Waals surface area contributed by atoms with Gasteiger partial charge < -0.3 is 9.52 Å². The minimum atomic E-state index is -0.417. The van der Waals surface area contributed by atoms with Crippen molar-refractivity contribution in [3.05, 3.63) is 24.2 Å². The first-order chi connectivity index (χ1) is 5.79. The lowest BCUT2D eigenvalue weighted by molar-refractivity contribution is -0.123. The molecule has 0 aliphatic heterocycles. The molecule has 0 spiro atoms. The van der Waals surface area contributed by atoms with E-state index in [-0.39, 0.29) is 11.7 Å². The van der Waals surface area contributed by atoms with Gasteiger partial charge in [0.2, 0.25) is 0 Å². The molecule has 3 heteroatoms. The summed E-state index contributed by atoms with van der Waals surface area (Å²) in [7, 11) is 0. The van der Waals surface area contributed by atoms with Crippen molar-refractivity contribution in [2.75, 3.05) is 6.61 Å². The maximum absolute atomic E-state index is 11.1. The van der Waals surface area contributed by atoms with Gasteiger partial charge >= 0.3 is 0 Å². The Morgan fingerprint density at radius 1 is 1.75 bits per heavy atom. The van der Waals surface area contributed by atoms with Crippen molar-refractivity contribution in [1.82, 2.24) is 0 Å². The van der Waals surface area contributed by atoms with E-state index in [0.717, 1.165) is 0 Å². The van der Waals surface area contributed by atoms with E-state index in [9.17, 15) is 4.79 Å². The largest absolute Gasteiger partial charge is 0.469 e. The molecule has 0 aliphatic rings. The van der Waals surface area contributed by atoms with Crippen LogP contribution in [-0.2, 0) is 4.79 Å². The first-order valence-electron chi connectivity index (χ1n) is 3.96. The molecule has 1 heterocycles. The zero-order valence-electron chi connectivity index (χ0n) is 6.99. The van der Waals surface area contributed by atoms with Gasteiger partial charge in [-0.25, -0.2) is 0 Å². The van der Waals surface area contributed by atoms with Crippen molar-refractivity contribution in [2.24, 2.45) is 0 Å². The van der Waals surface area contributed by atoms with Crippen molar-refractivity contribution >= 4 is 5.78 Å². The minimum absolute atomic E-state index is 0.188. The third kappa shape index (κ3) is 1.74. The predicted molar refractivity (Wildman–Crippen MR) is 43.8 cm³/mol. The van der Waals surface area contributed by atoms with Gasteiger partial charge in [0.1, 0.15) is 12.4 Å². The summed E-state index contributed by atoms with van der Waals surface area (Å²) in [5, 5.41) is 8.64. The highest BCUT2D eigenvalue weighted by Crippen LogP contribution is 2.20. The maximum Gasteiger partial charge on any atom is 0.168 e. The highest BCUT2D eigenvalue weighted by atomic mass is 16.3. The molecular weight excluding hydrogens is 156 g/mol. The fraction of sp³-hybridized carbons (Fsp3) is 0.444. The molecule has 0 aliphatic carbocycles. The molecule has 12 heavy (non-hydrogen) atoms. The fourth-order valence-electron chi connectivity index (χ4n) is 1.19. The van der Waals surface area contributed by atoms with Crippen LogP contribution in [0.5, 0.6) is 0 Å². The average molecular weight is 168 g/mol. The molecule has 0 saturated heterocycles. The summed E-state index contributed by atoms with van der Waals surface area (Å²) in [6.07, 6.45) is 2.19. The van der Waals surface area contributed by atoms with Gasteiger partial charge in [-0.3, -0.25) is 4.79 Å². The third-order valence-electron chi connectivity index (χ3n) is 1.84. The van der Waals surface area contributed by atoms with Gasteiger partial charge in [-0.05, 0) is 18.6 Å². The molecule has 3 nitrogen and oxygen atoms in total. The second kappa shape index (κ2) is 4.07. The van der Waals surface area contributed by atoms with Gasteiger partial charge in [-0.15, -0.1) is 0 Å². The van der Waals surface area contributed by atoms with Crippen LogP contribution >= 0.6 is 0 Å². The zero-order valence-corrected chi connectivity index (χ0v) is 6.99. The first-order valence-corrected chi connectivity index (χ1v) is 3.96. The van der Waals surface area contributed by atoms with E-state index in [1.165, 1.54) is 6.26 Å². The van der Waals surface area contributed by atoms with Gasteiger partial charge in [0, 0.05) is 0 Å². The number of rotatable bonds is 4. The summed E-state index contributed by atoms with van der Waals surface area (Å²) >= 11 is 0.